The second-order valence-corrected chi connectivity index (χ2v) is 4.69. The van der Waals surface area contributed by atoms with Crippen molar-refractivity contribution in [3.63, 3.8) is 0 Å². The number of hydrogen-bond acceptors (Lipinski definition) is 5. The summed E-state index contributed by atoms with van der Waals surface area (Å²) < 4.78 is 22.9. The minimum absolute atomic E-state index is 0.138. The van der Waals surface area contributed by atoms with Crippen molar-refractivity contribution < 1.29 is 18.0 Å². The standard InChI is InChI=1S/C7H8ClN3O4S/c8-6-2-1-5(3-10-6)16(13,14)11-15-4-7(9)12/h1-3,11H,4H2,(H2,9,12). The van der Waals surface area contributed by atoms with Gasteiger partial charge in [0.25, 0.3) is 10.0 Å². The SMILES string of the molecule is NC(=O)CONS(=O)(=O)c1ccc(Cl)nc1. The zero-order valence-corrected chi connectivity index (χ0v) is 9.46. The van der Waals surface area contributed by atoms with E-state index in [0.29, 0.717) is 0 Å². The zero-order chi connectivity index (χ0) is 12.2. The summed E-state index contributed by atoms with van der Waals surface area (Å²) in [5.74, 6) is -0.795. The molecule has 1 aromatic heterocycles. The summed E-state index contributed by atoms with van der Waals surface area (Å²) in [6, 6.07) is 2.55. The third kappa shape index (κ3) is 3.74. The lowest BCUT2D eigenvalue weighted by atomic mass is 10.5. The number of amides is 1. The molecule has 1 rings (SSSR count). The van der Waals surface area contributed by atoms with Gasteiger partial charge in [0, 0.05) is 6.20 Å². The molecule has 7 nitrogen and oxygen atoms in total. The highest BCUT2D eigenvalue weighted by Crippen LogP contribution is 2.10. The molecular weight excluding hydrogens is 258 g/mol. The van der Waals surface area contributed by atoms with E-state index in [2.05, 4.69) is 9.82 Å². The molecule has 16 heavy (non-hydrogen) atoms. The van der Waals surface area contributed by atoms with Crippen molar-refractivity contribution in [1.29, 1.82) is 0 Å². The molecule has 0 spiro atoms. The molecule has 0 radical (unpaired) electrons. The highest BCUT2D eigenvalue weighted by molar-refractivity contribution is 7.89. The lowest BCUT2D eigenvalue weighted by molar-refractivity contribution is -0.123. The average Bonchev–Trinajstić information content (AvgIpc) is 2.17. The van der Waals surface area contributed by atoms with E-state index in [4.69, 9.17) is 17.3 Å². The highest BCUT2D eigenvalue weighted by atomic mass is 35.5. The Bertz CT molecular complexity index is 473. The molecule has 0 aliphatic carbocycles. The van der Waals surface area contributed by atoms with Gasteiger partial charge in [-0.15, -0.1) is 0 Å². The molecule has 0 unspecified atom stereocenters. The van der Waals surface area contributed by atoms with Gasteiger partial charge >= 0.3 is 0 Å². The number of nitrogens with two attached hydrogens (primary N) is 1. The van der Waals surface area contributed by atoms with Gasteiger partial charge in [0.1, 0.15) is 16.7 Å². The first kappa shape index (κ1) is 12.8. The highest BCUT2D eigenvalue weighted by Gasteiger charge is 2.14. The first-order chi connectivity index (χ1) is 7.42. The van der Waals surface area contributed by atoms with Gasteiger partial charge in [-0.1, -0.05) is 16.5 Å². The minimum atomic E-state index is -3.87. The number of primary amides is 1. The van der Waals surface area contributed by atoms with E-state index in [-0.39, 0.29) is 10.0 Å². The van der Waals surface area contributed by atoms with Crippen LogP contribution in [0.15, 0.2) is 23.2 Å². The Labute approximate surface area is 96.6 Å². The van der Waals surface area contributed by atoms with Gasteiger partial charge in [0.05, 0.1) is 0 Å². The second-order valence-electron chi connectivity index (χ2n) is 2.66. The number of nitrogens with one attached hydrogen (secondary N) is 1. The van der Waals surface area contributed by atoms with Crippen LogP contribution in [0.2, 0.25) is 5.15 Å². The molecule has 9 heteroatoms. The van der Waals surface area contributed by atoms with E-state index < -0.39 is 22.5 Å². The number of carbonyl (C=O) groups excluding carboxylic acids is 1. The summed E-state index contributed by atoms with van der Waals surface area (Å²) >= 11 is 5.49. The van der Waals surface area contributed by atoms with Crippen molar-refractivity contribution >= 4 is 27.5 Å². The Kier molecular flexibility index (Phi) is 4.19. The smallest absolute Gasteiger partial charge is 0.264 e. The number of nitrogens with zero attached hydrogens (tertiary/aromatic N) is 1. The molecule has 1 aromatic rings. The van der Waals surface area contributed by atoms with Crippen molar-refractivity contribution in [2.24, 2.45) is 5.73 Å². The van der Waals surface area contributed by atoms with Gasteiger partial charge in [0.15, 0.2) is 0 Å². The lowest BCUT2D eigenvalue weighted by Crippen LogP contribution is -2.29. The average molecular weight is 266 g/mol. The predicted octanol–water partition coefficient (Wildman–Crippen LogP) is -0.570. The maximum atomic E-state index is 11.5. The Balaban J connectivity index is 2.71. The number of carbonyl (C=O) groups is 1. The van der Waals surface area contributed by atoms with E-state index in [1.165, 1.54) is 12.1 Å². The van der Waals surface area contributed by atoms with Crippen LogP contribution >= 0.6 is 11.6 Å². The first-order valence-electron chi connectivity index (χ1n) is 3.95. The molecule has 0 saturated heterocycles. The number of pyridine rings is 1. The Morgan fingerprint density at radius 2 is 2.25 bits per heavy atom. The van der Waals surface area contributed by atoms with Crippen LogP contribution in [-0.2, 0) is 19.7 Å². The molecule has 1 amide bonds. The van der Waals surface area contributed by atoms with Crippen LogP contribution in [-0.4, -0.2) is 25.9 Å². The largest absolute Gasteiger partial charge is 0.368 e. The lowest BCUT2D eigenvalue weighted by Gasteiger charge is -2.05. The summed E-state index contributed by atoms with van der Waals surface area (Å²) in [7, 11) is -3.87. The molecule has 0 aliphatic heterocycles. The van der Waals surface area contributed by atoms with Crippen molar-refractivity contribution in [2.45, 2.75) is 4.90 Å². The van der Waals surface area contributed by atoms with E-state index in [1.54, 1.807) is 4.89 Å². The van der Waals surface area contributed by atoms with E-state index in [9.17, 15) is 13.2 Å². The summed E-state index contributed by atoms with van der Waals surface area (Å²) in [6.45, 7) is -0.555. The molecule has 88 valence electrons. The Morgan fingerprint density at radius 1 is 1.56 bits per heavy atom. The van der Waals surface area contributed by atoms with Crippen LogP contribution in [0.3, 0.4) is 0 Å². The summed E-state index contributed by atoms with van der Waals surface area (Å²) in [5.41, 5.74) is 4.75. The molecular formula is C7H8ClN3O4S. The normalized spacial score (nSPS) is 11.3. The van der Waals surface area contributed by atoms with Crippen LogP contribution in [0.4, 0.5) is 0 Å². The molecule has 0 atom stereocenters. The molecule has 3 N–H and O–H groups in total. The Hall–Kier alpha value is -1.22. The number of aromatic nitrogens is 1. The van der Waals surface area contributed by atoms with E-state index in [1.807, 2.05) is 0 Å². The summed E-state index contributed by atoms with van der Waals surface area (Å²) in [6.07, 6.45) is 1.05. The van der Waals surface area contributed by atoms with Crippen molar-refractivity contribution in [3.05, 3.63) is 23.5 Å². The van der Waals surface area contributed by atoms with Gasteiger partial charge in [-0.05, 0) is 12.1 Å². The summed E-state index contributed by atoms with van der Waals surface area (Å²) in [4.78, 5) is 19.8. The number of hydrogen-bond donors (Lipinski definition) is 2. The third-order valence-electron chi connectivity index (χ3n) is 1.39. The maximum absolute atomic E-state index is 11.5. The molecule has 0 aliphatic rings. The predicted molar refractivity (Wildman–Crippen MR) is 54.7 cm³/mol. The van der Waals surface area contributed by atoms with Gasteiger partial charge in [-0.25, -0.2) is 13.4 Å². The van der Waals surface area contributed by atoms with Crippen LogP contribution in [0.1, 0.15) is 0 Å². The fourth-order valence-corrected chi connectivity index (χ4v) is 1.61. The number of rotatable bonds is 5. The third-order valence-corrected chi connectivity index (χ3v) is 2.82. The van der Waals surface area contributed by atoms with Crippen molar-refractivity contribution in [3.8, 4) is 0 Å². The molecule has 0 saturated carbocycles. The first-order valence-corrected chi connectivity index (χ1v) is 5.81. The molecule has 0 aromatic carbocycles. The van der Waals surface area contributed by atoms with Crippen molar-refractivity contribution in [2.75, 3.05) is 6.61 Å². The molecule has 0 fully saturated rings. The number of sulfonamides is 1. The fraction of sp³-hybridized carbons (Fsp3) is 0.143. The van der Waals surface area contributed by atoms with Crippen LogP contribution < -0.4 is 10.6 Å². The van der Waals surface area contributed by atoms with Gasteiger partial charge in [-0.2, -0.15) is 0 Å². The quantitative estimate of drug-likeness (QED) is 0.547. The Morgan fingerprint density at radius 3 is 2.75 bits per heavy atom. The van der Waals surface area contributed by atoms with Gasteiger partial charge in [-0.3, -0.25) is 9.63 Å². The zero-order valence-electron chi connectivity index (χ0n) is 7.88. The van der Waals surface area contributed by atoms with Crippen LogP contribution in [0, 0.1) is 0 Å². The van der Waals surface area contributed by atoms with Crippen LogP contribution in [0.5, 0.6) is 0 Å². The monoisotopic (exact) mass is 265 g/mol. The number of halogens is 1. The topological polar surface area (TPSA) is 111 Å². The molecule has 0 bridgehead atoms. The molecule has 1 heterocycles. The van der Waals surface area contributed by atoms with E-state index in [0.717, 1.165) is 6.20 Å². The second kappa shape index (κ2) is 5.21. The minimum Gasteiger partial charge on any atom is -0.368 e. The van der Waals surface area contributed by atoms with Gasteiger partial charge < -0.3 is 5.73 Å². The van der Waals surface area contributed by atoms with Crippen molar-refractivity contribution in [1.82, 2.24) is 9.87 Å². The van der Waals surface area contributed by atoms with Gasteiger partial charge in [0.2, 0.25) is 5.91 Å². The fourth-order valence-electron chi connectivity index (χ4n) is 0.747. The van der Waals surface area contributed by atoms with E-state index >= 15 is 0 Å². The van der Waals surface area contributed by atoms with Crippen LogP contribution in [0.25, 0.3) is 0 Å². The maximum Gasteiger partial charge on any atom is 0.264 e. The summed E-state index contributed by atoms with van der Waals surface area (Å²) in [5, 5.41) is 0.164.